The molecule has 1 saturated heterocycles. The molecular formula is C29H21F7N4O3S. The number of ketones is 1. The average molecular weight is 639 g/mol. The highest BCUT2D eigenvalue weighted by Gasteiger charge is 2.52. The van der Waals surface area contributed by atoms with Crippen LogP contribution in [0.5, 0.6) is 0 Å². The van der Waals surface area contributed by atoms with Crippen LogP contribution in [0.15, 0.2) is 88.0 Å². The minimum atomic E-state index is -4.82. The lowest BCUT2D eigenvalue weighted by atomic mass is 9.64. The molecule has 1 atom stereocenters. The lowest BCUT2D eigenvalue weighted by Gasteiger charge is -2.45. The lowest BCUT2D eigenvalue weighted by molar-refractivity contribution is -0.137. The highest BCUT2D eigenvalue weighted by atomic mass is 32.2. The van der Waals surface area contributed by atoms with E-state index in [2.05, 4.69) is 9.98 Å². The van der Waals surface area contributed by atoms with Gasteiger partial charge in [-0.05, 0) is 79.2 Å². The number of aliphatic imine (C=N–C) groups is 1. The molecule has 2 aliphatic rings. The molecule has 2 aromatic carbocycles. The molecule has 1 aliphatic heterocycles. The van der Waals surface area contributed by atoms with Gasteiger partial charge in [-0.3, -0.25) is 9.78 Å². The topological polar surface area (TPSA) is 106 Å². The molecule has 1 aliphatic carbocycles. The van der Waals surface area contributed by atoms with Crippen molar-refractivity contribution < 1.29 is 43.9 Å². The smallest absolute Gasteiger partial charge is 0.404 e. The first kappa shape index (κ1) is 31.1. The van der Waals surface area contributed by atoms with Gasteiger partial charge in [0.15, 0.2) is 23.2 Å². The maximum absolute atomic E-state index is 14.1. The molecule has 0 saturated carbocycles. The van der Waals surface area contributed by atoms with Crippen LogP contribution in [0.2, 0.25) is 0 Å². The number of Topliss-reactive ketones (excluding diaryl/α,β-unsaturated/α-hetero) is 1. The summed E-state index contributed by atoms with van der Waals surface area (Å²) < 4.78 is 123. The Kier molecular flexibility index (Phi) is 7.97. The summed E-state index contributed by atoms with van der Waals surface area (Å²) >= 11 is 0. The van der Waals surface area contributed by atoms with Crippen LogP contribution in [-0.2, 0) is 16.2 Å². The molecule has 0 unspecified atom stereocenters. The van der Waals surface area contributed by atoms with Crippen molar-refractivity contribution in [3.63, 3.8) is 0 Å². The van der Waals surface area contributed by atoms with Crippen molar-refractivity contribution in [3.8, 4) is 0 Å². The van der Waals surface area contributed by atoms with Crippen LogP contribution in [0.25, 0.3) is 0 Å². The fourth-order valence-electron chi connectivity index (χ4n) is 5.23. The molecule has 7 nitrogen and oxygen atoms in total. The molecule has 2 N–H and O–H groups in total. The van der Waals surface area contributed by atoms with Crippen molar-refractivity contribution in [1.82, 2.24) is 9.29 Å². The third kappa shape index (κ3) is 5.64. The van der Waals surface area contributed by atoms with Gasteiger partial charge in [0.25, 0.3) is 0 Å². The Morgan fingerprint density at radius 3 is 2.30 bits per heavy atom. The van der Waals surface area contributed by atoms with Crippen LogP contribution in [0.1, 0.15) is 28.9 Å². The summed E-state index contributed by atoms with van der Waals surface area (Å²) in [7, 11) is -4.76. The first-order chi connectivity index (χ1) is 20.7. The largest absolute Gasteiger partial charge is 0.416 e. The number of alkyl halides is 3. The van der Waals surface area contributed by atoms with Crippen molar-refractivity contribution in [2.75, 3.05) is 13.1 Å². The second-order valence-corrected chi connectivity index (χ2v) is 12.1. The van der Waals surface area contributed by atoms with Gasteiger partial charge in [-0.1, -0.05) is 5.57 Å². The normalized spacial score (nSPS) is 21.3. The molecule has 15 heteroatoms. The van der Waals surface area contributed by atoms with E-state index in [1.165, 1.54) is 30.3 Å². The van der Waals surface area contributed by atoms with Crippen LogP contribution in [0.4, 0.5) is 36.4 Å². The number of benzene rings is 2. The van der Waals surface area contributed by atoms with E-state index in [9.17, 15) is 43.9 Å². The second kappa shape index (κ2) is 11.3. The Morgan fingerprint density at radius 2 is 1.68 bits per heavy atom. The number of allylic oxidation sites excluding steroid dienone is 2. The Morgan fingerprint density at radius 1 is 1.02 bits per heavy atom. The molecule has 0 amide bonds. The van der Waals surface area contributed by atoms with Crippen molar-refractivity contribution in [2.24, 2.45) is 16.1 Å². The molecule has 2 heterocycles. The number of hydrogen-bond acceptors (Lipinski definition) is 6. The van der Waals surface area contributed by atoms with E-state index in [0.717, 1.165) is 16.7 Å². The van der Waals surface area contributed by atoms with Gasteiger partial charge >= 0.3 is 6.18 Å². The predicted molar refractivity (Wildman–Crippen MR) is 144 cm³/mol. The number of carbonyl (C=O) groups excluding carboxylic acids is 1. The molecule has 0 bridgehead atoms. The number of piperidine rings is 1. The number of nitrogens with zero attached hydrogens (tertiary/aromatic N) is 3. The SMILES string of the molecule is N/C=C1/C[C@]2(C(=O)c3cc(C(F)(F)F)ccn3)CN(S(=O)(=O)c3cc(F)c(F)c(F)c3)CCC2=CC1=Nc1ccc(F)cc1. The first-order valence-corrected chi connectivity index (χ1v) is 14.3. The van der Waals surface area contributed by atoms with Gasteiger partial charge in [0.2, 0.25) is 10.0 Å². The Labute approximate surface area is 246 Å². The van der Waals surface area contributed by atoms with E-state index in [4.69, 9.17) is 5.73 Å². The van der Waals surface area contributed by atoms with Gasteiger partial charge in [0, 0.05) is 19.3 Å². The minimum Gasteiger partial charge on any atom is -0.404 e. The predicted octanol–water partition coefficient (Wildman–Crippen LogP) is 5.87. The number of halogens is 7. The summed E-state index contributed by atoms with van der Waals surface area (Å²) in [6.45, 7) is -0.995. The van der Waals surface area contributed by atoms with Crippen LogP contribution in [0, 0.1) is 28.7 Å². The van der Waals surface area contributed by atoms with Crippen LogP contribution in [-0.4, -0.2) is 42.3 Å². The third-order valence-electron chi connectivity index (χ3n) is 7.45. The van der Waals surface area contributed by atoms with E-state index in [1.807, 2.05) is 0 Å². The van der Waals surface area contributed by atoms with Gasteiger partial charge in [0.1, 0.15) is 11.5 Å². The summed E-state index contributed by atoms with van der Waals surface area (Å²) in [6, 6.07) is 6.89. The Bertz CT molecular complexity index is 1830. The molecular weight excluding hydrogens is 617 g/mol. The molecule has 1 aromatic heterocycles. The molecule has 5 rings (SSSR count). The number of fused-ring (bicyclic) bond motifs is 1. The van der Waals surface area contributed by atoms with Gasteiger partial charge in [0.05, 0.1) is 27.3 Å². The van der Waals surface area contributed by atoms with E-state index >= 15 is 0 Å². The highest BCUT2D eigenvalue weighted by Crippen LogP contribution is 2.48. The highest BCUT2D eigenvalue weighted by molar-refractivity contribution is 7.89. The molecule has 0 radical (unpaired) electrons. The van der Waals surface area contributed by atoms with Crippen molar-refractivity contribution in [1.29, 1.82) is 0 Å². The van der Waals surface area contributed by atoms with Crippen LogP contribution in [0.3, 0.4) is 0 Å². The summed E-state index contributed by atoms with van der Waals surface area (Å²) in [4.78, 5) is 21.5. The van der Waals surface area contributed by atoms with Crippen LogP contribution < -0.4 is 5.73 Å². The summed E-state index contributed by atoms with van der Waals surface area (Å²) in [5.41, 5.74) is 3.28. The number of nitrogens with two attached hydrogens (primary N) is 1. The lowest BCUT2D eigenvalue weighted by Crippen LogP contribution is -2.53. The zero-order valence-corrected chi connectivity index (χ0v) is 23.2. The van der Waals surface area contributed by atoms with Crippen LogP contribution >= 0.6 is 0 Å². The van der Waals surface area contributed by atoms with Crippen molar-refractivity contribution in [2.45, 2.75) is 23.9 Å². The molecule has 44 heavy (non-hydrogen) atoms. The summed E-state index contributed by atoms with van der Waals surface area (Å²) in [5, 5.41) is 0. The number of aromatic nitrogens is 1. The monoisotopic (exact) mass is 638 g/mol. The van der Waals surface area contributed by atoms with E-state index in [1.54, 1.807) is 0 Å². The average Bonchev–Trinajstić information content (AvgIpc) is 2.99. The fourth-order valence-corrected chi connectivity index (χ4v) is 6.76. The molecule has 1 fully saturated rings. The van der Waals surface area contributed by atoms with E-state index in [-0.39, 0.29) is 36.2 Å². The number of carbonyl (C=O) groups is 1. The second-order valence-electron chi connectivity index (χ2n) is 10.1. The van der Waals surface area contributed by atoms with Gasteiger partial charge in [-0.15, -0.1) is 0 Å². The quantitative estimate of drug-likeness (QED) is 0.214. The van der Waals surface area contributed by atoms with Gasteiger partial charge < -0.3 is 5.73 Å². The van der Waals surface area contributed by atoms with E-state index < -0.39 is 73.4 Å². The minimum absolute atomic E-state index is 0.156. The number of hydrogen-bond donors (Lipinski definition) is 1. The molecule has 3 aromatic rings. The third-order valence-corrected chi connectivity index (χ3v) is 9.27. The zero-order chi connectivity index (χ0) is 32.0. The van der Waals surface area contributed by atoms with Crippen molar-refractivity contribution >= 4 is 27.2 Å². The van der Waals surface area contributed by atoms with E-state index in [0.29, 0.717) is 30.0 Å². The number of sulfonamides is 1. The Balaban J connectivity index is 1.65. The fraction of sp³-hybridized carbons (Fsp3) is 0.207. The zero-order valence-electron chi connectivity index (χ0n) is 22.4. The maximum atomic E-state index is 14.1. The molecule has 0 spiro atoms. The first-order valence-electron chi connectivity index (χ1n) is 12.8. The van der Waals surface area contributed by atoms with Crippen molar-refractivity contribution in [3.05, 3.63) is 113 Å². The molecule has 230 valence electrons. The number of pyridine rings is 1. The standard InChI is InChI=1S/C29H21F7N4O3S/c30-19-1-3-20(4-2-19)39-24-9-17-6-8-40(44(42,43)21-11-22(31)26(33)23(32)12-21)15-28(17,13-16(24)14-37)27(41)25-10-18(5-7-38-25)29(34,35)36/h1-5,7,9-12,14H,6,8,13,15,37H2/b16-14-,39-24?/t28-/m0/s1. The maximum Gasteiger partial charge on any atom is 0.416 e. The van der Waals surface area contributed by atoms with Gasteiger partial charge in [-0.25, -0.2) is 31.0 Å². The summed E-state index contributed by atoms with van der Waals surface area (Å²) in [6.07, 6.45) is -1.97. The summed E-state index contributed by atoms with van der Waals surface area (Å²) in [5.74, 6) is -6.88. The van der Waals surface area contributed by atoms with Gasteiger partial charge in [-0.2, -0.15) is 17.5 Å². The number of rotatable bonds is 5. The Hall–Kier alpha value is -4.37.